The predicted octanol–water partition coefficient (Wildman–Crippen LogP) is 0.553. The molecule has 0 atom stereocenters. The monoisotopic (exact) mass is 345 g/mol. The second-order valence-corrected chi connectivity index (χ2v) is 6.89. The van der Waals surface area contributed by atoms with Crippen molar-refractivity contribution in [1.29, 1.82) is 0 Å². The van der Waals surface area contributed by atoms with Crippen LogP contribution in [0.1, 0.15) is 32.1 Å². The van der Waals surface area contributed by atoms with Gasteiger partial charge in [-0.3, -0.25) is 9.59 Å². The van der Waals surface area contributed by atoms with E-state index in [1.807, 2.05) is 4.90 Å². The molecule has 0 spiro atoms. The molecule has 2 aliphatic heterocycles. The molecule has 0 aromatic heterocycles. The Hall–Kier alpha value is -0.850. The first-order chi connectivity index (χ1) is 10.7. The van der Waals surface area contributed by atoms with Gasteiger partial charge in [-0.2, -0.15) is 0 Å². The number of rotatable bonds is 5. The van der Waals surface area contributed by atoms with Gasteiger partial charge < -0.3 is 20.3 Å². The highest BCUT2D eigenvalue weighted by molar-refractivity contribution is 5.89. The number of amides is 2. The Kier molecular flexibility index (Phi) is 6.68. The number of nitrogens with zero attached hydrogens (tertiary/aromatic N) is 1. The van der Waals surface area contributed by atoms with E-state index >= 15 is 0 Å². The van der Waals surface area contributed by atoms with Crippen molar-refractivity contribution in [3.63, 3.8) is 0 Å². The molecular weight excluding hydrogens is 318 g/mol. The van der Waals surface area contributed by atoms with Crippen LogP contribution >= 0.6 is 12.4 Å². The normalized spacial score (nSPS) is 23.7. The van der Waals surface area contributed by atoms with Crippen LogP contribution in [0.4, 0.5) is 0 Å². The fourth-order valence-electron chi connectivity index (χ4n) is 3.67. The summed E-state index contributed by atoms with van der Waals surface area (Å²) in [6, 6.07) is 0. The minimum Gasteiger partial charge on any atom is -0.378 e. The summed E-state index contributed by atoms with van der Waals surface area (Å²) in [5.74, 6) is 0.765. The van der Waals surface area contributed by atoms with Crippen LogP contribution in [-0.4, -0.2) is 62.7 Å². The van der Waals surface area contributed by atoms with Crippen molar-refractivity contribution in [3.05, 3.63) is 0 Å². The molecule has 1 aliphatic carbocycles. The maximum absolute atomic E-state index is 12.7. The van der Waals surface area contributed by atoms with Gasteiger partial charge in [-0.15, -0.1) is 12.4 Å². The second kappa shape index (κ2) is 8.31. The average Bonchev–Trinajstić information content (AvgIpc) is 2.96. The first kappa shape index (κ1) is 18.5. The van der Waals surface area contributed by atoms with Gasteiger partial charge in [-0.25, -0.2) is 0 Å². The average molecular weight is 346 g/mol. The Morgan fingerprint density at radius 3 is 2.39 bits per heavy atom. The van der Waals surface area contributed by atoms with E-state index in [0.717, 1.165) is 45.3 Å². The van der Waals surface area contributed by atoms with Crippen molar-refractivity contribution in [2.75, 3.05) is 45.9 Å². The molecule has 132 valence electrons. The van der Waals surface area contributed by atoms with E-state index < -0.39 is 5.41 Å². The van der Waals surface area contributed by atoms with Crippen molar-refractivity contribution < 1.29 is 14.3 Å². The number of carbonyl (C=O) groups is 2. The number of hydrogen-bond donors (Lipinski definition) is 2. The smallest absolute Gasteiger partial charge is 0.226 e. The van der Waals surface area contributed by atoms with Gasteiger partial charge in [-0.05, 0) is 12.8 Å². The van der Waals surface area contributed by atoms with E-state index in [1.165, 1.54) is 0 Å². The number of carbonyl (C=O) groups excluding carboxylic acids is 2. The van der Waals surface area contributed by atoms with Gasteiger partial charge in [0.05, 0.1) is 18.6 Å². The molecule has 23 heavy (non-hydrogen) atoms. The molecule has 6 nitrogen and oxygen atoms in total. The van der Waals surface area contributed by atoms with Crippen LogP contribution in [0.5, 0.6) is 0 Å². The lowest BCUT2D eigenvalue weighted by Gasteiger charge is -2.34. The van der Waals surface area contributed by atoms with Crippen LogP contribution in [0.2, 0.25) is 0 Å². The van der Waals surface area contributed by atoms with E-state index in [4.69, 9.17) is 4.74 Å². The lowest BCUT2D eigenvalue weighted by Crippen LogP contribution is -2.51. The first-order valence-electron chi connectivity index (χ1n) is 8.54. The zero-order valence-electron chi connectivity index (χ0n) is 13.6. The van der Waals surface area contributed by atoms with Crippen molar-refractivity contribution in [1.82, 2.24) is 15.5 Å². The molecule has 0 bridgehead atoms. The fraction of sp³-hybridized carbons (Fsp3) is 0.875. The second-order valence-electron chi connectivity index (χ2n) is 6.89. The Balaban J connectivity index is 0.00000192. The lowest BCUT2D eigenvalue weighted by molar-refractivity contribution is -0.143. The van der Waals surface area contributed by atoms with E-state index in [0.29, 0.717) is 38.6 Å². The van der Waals surface area contributed by atoms with Gasteiger partial charge >= 0.3 is 0 Å². The fourth-order valence-corrected chi connectivity index (χ4v) is 3.67. The van der Waals surface area contributed by atoms with Crippen molar-refractivity contribution in [2.45, 2.75) is 32.1 Å². The molecule has 7 heteroatoms. The molecular formula is C16H28ClN3O3. The molecule has 2 N–H and O–H groups in total. The standard InChI is InChI=1S/C16H27N3O3.ClH/c20-14(19-5-7-22-8-6-19)9-16(3-1-2-4-16)15(21)18-12-13-10-17-11-13;/h13,17H,1-12H2,(H,18,21);1H. The van der Waals surface area contributed by atoms with Crippen molar-refractivity contribution >= 4 is 24.2 Å². The van der Waals surface area contributed by atoms with Gasteiger partial charge in [0.2, 0.25) is 11.8 Å². The zero-order valence-corrected chi connectivity index (χ0v) is 14.5. The summed E-state index contributed by atoms with van der Waals surface area (Å²) in [6.07, 6.45) is 4.15. The molecule has 2 heterocycles. The highest BCUT2D eigenvalue weighted by atomic mass is 35.5. The third-order valence-corrected chi connectivity index (χ3v) is 5.31. The number of morpholine rings is 1. The maximum Gasteiger partial charge on any atom is 0.226 e. The summed E-state index contributed by atoms with van der Waals surface area (Å²) in [6.45, 7) is 5.24. The van der Waals surface area contributed by atoms with Gasteiger partial charge in [0, 0.05) is 45.1 Å². The zero-order chi connectivity index (χ0) is 15.4. The molecule has 3 rings (SSSR count). The molecule has 0 radical (unpaired) electrons. The molecule has 3 fully saturated rings. The third kappa shape index (κ3) is 4.37. The molecule has 0 aromatic carbocycles. The van der Waals surface area contributed by atoms with E-state index in [1.54, 1.807) is 0 Å². The van der Waals surface area contributed by atoms with Crippen molar-refractivity contribution in [3.8, 4) is 0 Å². The molecule has 2 amide bonds. The van der Waals surface area contributed by atoms with Crippen LogP contribution < -0.4 is 10.6 Å². The van der Waals surface area contributed by atoms with Crippen LogP contribution in [-0.2, 0) is 14.3 Å². The van der Waals surface area contributed by atoms with E-state index in [2.05, 4.69) is 10.6 Å². The number of nitrogens with one attached hydrogen (secondary N) is 2. The molecule has 2 saturated heterocycles. The number of hydrogen-bond acceptors (Lipinski definition) is 4. The molecule has 0 aromatic rings. The highest BCUT2D eigenvalue weighted by Gasteiger charge is 2.43. The maximum atomic E-state index is 12.7. The Bertz CT molecular complexity index is 417. The summed E-state index contributed by atoms with van der Waals surface area (Å²) in [5, 5.41) is 6.32. The minimum atomic E-state index is -0.466. The summed E-state index contributed by atoms with van der Waals surface area (Å²) in [5.41, 5.74) is -0.466. The van der Waals surface area contributed by atoms with Gasteiger partial charge in [-0.1, -0.05) is 12.8 Å². The summed E-state index contributed by atoms with van der Waals surface area (Å²) in [7, 11) is 0. The third-order valence-electron chi connectivity index (χ3n) is 5.31. The topological polar surface area (TPSA) is 70.7 Å². The van der Waals surface area contributed by atoms with Gasteiger partial charge in [0.25, 0.3) is 0 Å². The first-order valence-corrected chi connectivity index (χ1v) is 8.54. The minimum absolute atomic E-state index is 0. The van der Waals surface area contributed by atoms with Crippen LogP contribution in [0.15, 0.2) is 0 Å². The molecule has 3 aliphatic rings. The number of halogens is 1. The lowest BCUT2D eigenvalue weighted by atomic mass is 9.81. The Morgan fingerprint density at radius 2 is 1.83 bits per heavy atom. The Morgan fingerprint density at radius 1 is 1.17 bits per heavy atom. The highest BCUT2D eigenvalue weighted by Crippen LogP contribution is 2.42. The molecule has 1 saturated carbocycles. The quantitative estimate of drug-likeness (QED) is 0.763. The summed E-state index contributed by atoms with van der Waals surface area (Å²) >= 11 is 0. The van der Waals surface area contributed by atoms with E-state index in [9.17, 15) is 9.59 Å². The SMILES string of the molecule is Cl.O=C(CC1(C(=O)NCC2CNC2)CCCC1)N1CCOCC1. The van der Waals surface area contributed by atoms with Crippen molar-refractivity contribution in [2.24, 2.45) is 11.3 Å². The van der Waals surface area contributed by atoms with E-state index in [-0.39, 0.29) is 24.2 Å². The summed E-state index contributed by atoms with van der Waals surface area (Å²) in [4.78, 5) is 27.1. The molecule has 0 unspecified atom stereocenters. The van der Waals surface area contributed by atoms with Crippen LogP contribution in [0.25, 0.3) is 0 Å². The van der Waals surface area contributed by atoms with Crippen LogP contribution in [0, 0.1) is 11.3 Å². The number of ether oxygens (including phenoxy) is 1. The van der Waals surface area contributed by atoms with Gasteiger partial charge in [0.15, 0.2) is 0 Å². The van der Waals surface area contributed by atoms with Crippen LogP contribution in [0.3, 0.4) is 0 Å². The Labute approximate surface area is 144 Å². The largest absolute Gasteiger partial charge is 0.378 e. The van der Waals surface area contributed by atoms with Gasteiger partial charge in [0.1, 0.15) is 0 Å². The predicted molar refractivity (Wildman–Crippen MR) is 89.5 cm³/mol. The summed E-state index contributed by atoms with van der Waals surface area (Å²) < 4.78 is 5.30.